The zero-order chi connectivity index (χ0) is 20.2. The van der Waals surface area contributed by atoms with E-state index in [1.165, 1.54) is 0 Å². The maximum Gasteiger partial charge on any atom is 0.240 e. The van der Waals surface area contributed by atoms with Gasteiger partial charge in [0.05, 0.1) is 18.0 Å². The smallest absolute Gasteiger partial charge is 0.240 e. The van der Waals surface area contributed by atoms with Gasteiger partial charge in [0, 0.05) is 25.6 Å². The van der Waals surface area contributed by atoms with Gasteiger partial charge in [0.1, 0.15) is 0 Å². The van der Waals surface area contributed by atoms with Crippen molar-refractivity contribution in [3.63, 3.8) is 0 Å². The molecule has 0 amide bonds. The van der Waals surface area contributed by atoms with Crippen LogP contribution in [0.4, 0.5) is 0 Å². The second-order valence-electron chi connectivity index (χ2n) is 6.15. The fourth-order valence-corrected chi connectivity index (χ4v) is 3.64. The van der Waals surface area contributed by atoms with Crippen molar-refractivity contribution >= 4 is 40.0 Å². The van der Waals surface area contributed by atoms with Crippen LogP contribution in [0.2, 0.25) is 0 Å². The average Bonchev–Trinajstić information content (AvgIpc) is 2.73. The SMILES string of the molecule is CCNC(=NCC(CO)c1ccccc1)NCCNS(=O)(=O)c1ccccc1.I. The molecule has 1 unspecified atom stereocenters. The molecule has 0 fully saturated rings. The minimum absolute atomic E-state index is 0. The van der Waals surface area contributed by atoms with E-state index < -0.39 is 10.0 Å². The van der Waals surface area contributed by atoms with Crippen LogP contribution in [0, 0.1) is 0 Å². The minimum atomic E-state index is -3.52. The van der Waals surface area contributed by atoms with E-state index in [2.05, 4.69) is 20.3 Å². The molecule has 160 valence electrons. The second kappa shape index (κ2) is 13.5. The lowest BCUT2D eigenvalue weighted by atomic mass is 10.0. The van der Waals surface area contributed by atoms with Crippen molar-refractivity contribution in [1.29, 1.82) is 0 Å². The van der Waals surface area contributed by atoms with Crippen molar-refractivity contribution in [3.8, 4) is 0 Å². The van der Waals surface area contributed by atoms with Crippen LogP contribution in [0.1, 0.15) is 18.4 Å². The van der Waals surface area contributed by atoms with Crippen molar-refractivity contribution in [3.05, 3.63) is 66.2 Å². The van der Waals surface area contributed by atoms with Gasteiger partial charge in [0.15, 0.2) is 5.96 Å². The number of sulfonamides is 1. The Balaban J connectivity index is 0.00000420. The van der Waals surface area contributed by atoms with Crippen LogP contribution in [0.5, 0.6) is 0 Å². The van der Waals surface area contributed by atoms with E-state index >= 15 is 0 Å². The standard InChI is InChI=1S/C20H28N4O3S.HI/c1-2-21-20(23-15-18(16-25)17-9-5-3-6-10-17)22-13-14-24-28(26,27)19-11-7-4-8-12-19;/h3-12,18,24-25H,2,13-16H2,1H3,(H2,21,22,23);1H. The van der Waals surface area contributed by atoms with E-state index in [1.807, 2.05) is 37.3 Å². The summed E-state index contributed by atoms with van der Waals surface area (Å²) >= 11 is 0. The highest BCUT2D eigenvalue weighted by molar-refractivity contribution is 14.0. The van der Waals surface area contributed by atoms with Gasteiger partial charge in [-0.1, -0.05) is 48.5 Å². The Morgan fingerprint density at radius 2 is 1.62 bits per heavy atom. The molecule has 0 radical (unpaired) electrons. The molecule has 0 bridgehead atoms. The molecule has 4 N–H and O–H groups in total. The highest BCUT2D eigenvalue weighted by Crippen LogP contribution is 2.14. The van der Waals surface area contributed by atoms with Gasteiger partial charge in [-0.2, -0.15) is 0 Å². The lowest BCUT2D eigenvalue weighted by molar-refractivity contribution is 0.268. The summed E-state index contributed by atoms with van der Waals surface area (Å²) in [5.41, 5.74) is 1.03. The van der Waals surface area contributed by atoms with Gasteiger partial charge in [0.25, 0.3) is 0 Å². The number of hydrogen-bond donors (Lipinski definition) is 4. The zero-order valence-corrected chi connectivity index (χ0v) is 19.6. The summed E-state index contributed by atoms with van der Waals surface area (Å²) in [5.74, 6) is 0.490. The van der Waals surface area contributed by atoms with Gasteiger partial charge in [-0.3, -0.25) is 4.99 Å². The number of rotatable bonds is 10. The molecule has 1 atom stereocenters. The summed E-state index contributed by atoms with van der Waals surface area (Å²) in [6.45, 7) is 3.67. The number of nitrogens with one attached hydrogen (secondary N) is 3. The third-order valence-corrected chi connectivity index (χ3v) is 5.55. The summed E-state index contributed by atoms with van der Waals surface area (Å²) in [6.07, 6.45) is 0. The third-order valence-electron chi connectivity index (χ3n) is 4.07. The number of hydrogen-bond acceptors (Lipinski definition) is 4. The fraction of sp³-hybridized carbons (Fsp3) is 0.350. The fourth-order valence-electron chi connectivity index (χ4n) is 2.59. The molecule has 2 aromatic carbocycles. The van der Waals surface area contributed by atoms with Crippen LogP contribution in [0.25, 0.3) is 0 Å². The van der Waals surface area contributed by atoms with Gasteiger partial charge < -0.3 is 15.7 Å². The second-order valence-corrected chi connectivity index (χ2v) is 7.91. The Morgan fingerprint density at radius 1 is 1.00 bits per heavy atom. The third kappa shape index (κ3) is 8.69. The number of guanidine groups is 1. The summed E-state index contributed by atoms with van der Waals surface area (Å²) in [6, 6.07) is 18.0. The van der Waals surface area contributed by atoms with Crippen LogP contribution in [-0.4, -0.2) is 52.3 Å². The summed E-state index contributed by atoms with van der Waals surface area (Å²) in [7, 11) is -3.52. The average molecular weight is 532 g/mol. The van der Waals surface area contributed by atoms with Crippen molar-refractivity contribution in [2.24, 2.45) is 4.99 Å². The summed E-state index contributed by atoms with van der Waals surface area (Å²) in [5, 5.41) is 15.9. The first-order chi connectivity index (χ1) is 13.6. The summed E-state index contributed by atoms with van der Waals surface area (Å²) in [4.78, 5) is 4.75. The zero-order valence-electron chi connectivity index (χ0n) is 16.4. The number of nitrogens with zero attached hydrogens (tertiary/aromatic N) is 1. The van der Waals surface area contributed by atoms with Crippen LogP contribution in [0.3, 0.4) is 0 Å². The molecule has 0 aliphatic rings. The first kappa shape index (κ1) is 25.3. The molecule has 9 heteroatoms. The minimum Gasteiger partial charge on any atom is -0.396 e. The Kier molecular flexibility index (Phi) is 11.8. The number of aliphatic imine (C=N–C) groups is 1. The molecule has 7 nitrogen and oxygen atoms in total. The lowest BCUT2D eigenvalue weighted by Crippen LogP contribution is -2.41. The first-order valence-corrected chi connectivity index (χ1v) is 10.8. The van der Waals surface area contributed by atoms with Gasteiger partial charge in [0.2, 0.25) is 10.0 Å². The molecule has 0 aliphatic carbocycles. The van der Waals surface area contributed by atoms with Gasteiger partial charge in [-0.25, -0.2) is 13.1 Å². The Labute approximate surface area is 190 Å². The van der Waals surface area contributed by atoms with Gasteiger partial charge in [-0.05, 0) is 24.6 Å². The van der Waals surface area contributed by atoms with E-state index in [1.54, 1.807) is 30.3 Å². The molecule has 2 aromatic rings. The van der Waals surface area contributed by atoms with E-state index in [4.69, 9.17) is 0 Å². The van der Waals surface area contributed by atoms with Crippen molar-refractivity contribution in [2.75, 3.05) is 32.8 Å². The van der Waals surface area contributed by atoms with E-state index in [-0.39, 0.29) is 47.9 Å². The molecule has 2 rings (SSSR count). The quantitative estimate of drug-likeness (QED) is 0.162. The molecule has 0 aromatic heterocycles. The number of halogens is 1. The molecular formula is C20H29IN4O3S. The molecule has 0 saturated carbocycles. The van der Waals surface area contributed by atoms with E-state index in [0.29, 0.717) is 25.6 Å². The van der Waals surface area contributed by atoms with Crippen LogP contribution >= 0.6 is 24.0 Å². The molecule has 0 aliphatic heterocycles. The molecular weight excluding hydrogens is 503 g/mol. The Bertz CT molecular complexity index is 833. The molecule has 0 saturated heterocycles. The van der Waals surface area contributed by atoms with Crippen molar-refractivity contribution in [2.45, 2.75) is 17.7 Å². The maximum atomic E-state index is 12.2. The van der Waals surface area contributed by atoms with Gasteiger partial charge >= 0.3 is 0 Å². The van der Waals surface area contributed by atoms with Crippen molar-refractivity contribution < 1.29 is 13.5 Å². The van der Waals surface area contributed by atoms with E-state index in [0.717, 1.165) is 5.56 Å². The lowest BCUT2D eigenvalue weighted by Gasteiger charge is -2.15. The van der Waals surface area contributed by atoms with E-state index in [9.17, 15) is 13.5 Å². The summed E-state index contributed by atoms with van der Waals surface area (Å²) < 4.78 is 27.0. The van der Waals surface area contributed by atoms with Crippen LogP contribution < -0.4 is 15.4 Å². The molecule has 0 heterocycles. The predicted molar refractivity (Wildman–Crippen MR) is 127 cm³/mol. The van der Waals surface area contributed by atoms with Crippen LogP contribution in [-0.2, 0) is 10.0 Å². The maximum absolute atomic E-state index is 12.2. The number of aliphatic hydroxyl groups is 1. The normalized spacial score (nSPS) is 12.7. The Hall–Kier alpha value is -1.69. The van der Waals surface area contributed by atoms with Gasteiger partial charge in [-0.15, -0.1) is 24.0 Å². The largest absolute Gasteiger partial charge is 0.396 e. The van der Waals surface area contributed by atoms with Crippen molar-refractivity contribution in [1.82, 2.24) is 15.4 Å². The highest BCUT2D eigenvalue weighted by atomic mass is 127. The monoisotopic (exact) mass is 532 g/mol. The number of benzene rings is 2. The first-order valence-electron chi connectivity index (χ1n) is 9.29. The topological polar surface area (TPSA) is 103 Å². The highest BCUT2D eigenvalue weighted by Gasteiger charge is 2.12. The number of aliphatic hydroxyl groups excluding tert-OH is 1. The molecule has 0 spiro atoms. The molecule has 29 heavy (non-hydrogen) atoms. The predicted octanol–water partition coefficient (Wildman–Crippen LogP) is 1.91. The van der Waals surface area contributed by atoms with Crippen LogP contribution in [0.15, 0.2) is 70.6 Å². The Morgan fingerprint density at radius 3 is 2.21 bits per heavy atom.